The number of ether oxygens (including phenoxy) is 1. The molecule has 0 aromatic heterocycles. The quantitative estimate of drug-likeness (QED) is 0.898. The summed E-state index contributed by atoms with van der Waals surface area (Å²) in [6.45, 7) is 4.30. The summed E-state index contributed by atoms with van der Waals surface area (Å²) in [7, 11) is 1.77. The number of likely N-dealkylation sites (tertiary alicyclic amines) is 1. The number of nitrogens with zero attached hydrogens (tertiary/aromatic N) is 2. The molecule has 0 saturated carbocycles. The lowest BCUT2D eigenvalue weighted by atomic mass is 9.88. The number of rotatable bonds is 5. The summed E-state index contributed by atoms with van der Waals surface area (Å²) in [5.41, 5.74) is 7.02. The Labute approximate surface area is 155 Å². The van der Waals surface area contributed by atoms with Crippen LogP contribution >= 0.6 is 0 Å². The van der Waals surface area contributed by atoms with Crippen molar-refractivity contribution < 1.29 is 4.74 Å². The lowest BCUT2D eigenvalue weighted by molar-refractivity contribution is 0.198. The number of nitrogens with one attached hydrogen (secondary N) is 1. The number of hydrogen-bond acceptors (Lipinski definition) is 4. The van der Waals surface area contributed by atoms with Crippen LogP contribution in [-0.4, -0.2) is 43.9 Å². The highest BCUT2D eigenvalue weighted by Crippen LogP contribution is 2.34. The van der Waals surface area contributed by atoms with Gasteiger partial charge < -0.3 is 15.1 Å². The van der Waals surface area contributed by atoms with Crippen LogP contribution in [0.2, 0.25) is 0 Å². The molecule has 1 fully saturated rings. The predicted octanol–water partition coefficient (Wildman–Crippen LogP) is 3.50. The summed E-state index contributed by atoms with van der Waals surface area (Å²) in [5, 5.41) is 4.56. The van der Waals surface area contributed by atoms with E-state index in [-0.39, 0.29) is 0 Å². The third-order valence-electron chi connectivity index (χ3n) is 5.64. The third kappa shape index (κ3) is 3.61. The zero-order chi connectivity index (χ0) is 17.8. The highest BCUT2D eigenvalue weighted by Gasteiger charge is 2.28. The standard InChI is InChI=1S/C22H27N3O/c1-26-21-10-6-5-9-20(21)17-11-13-25(14-12-17)16-19-15-23-24-22(19)18-7-3-2-4-8-18/h2-10,17,19,23H,11-16H2,1H3. The summed E-state index contributed by atoms with van der Waals surface area (Å²) >= 11 is 0. The molecule has 2 heterocycles. The van der Waals surface area contributed by atoms with Gasteiger partial charge in [-0.3, -0.25) is 0 Å². The second kappa shape index (κ2) is 7.92. The molecule has 136 valence electrons. The van der Waals surface area contributed by atoms with E-state index in [1.165, 1.54) is 29.7 Å². The van der Waals surface area contributed by atoms with Crippen molar-refractivity contribution in [2.75, 3.05) is 33.3 Å². The van der Waals surface area contributed by atoms with E-state index < -0.39 is 0 Å². The first-order chi connectivity index (χ1) is 12.8. The van der Waals surface area contributed by atoms with E-state index in [0.29, 0.717) is 11.8 Å². The van der Waals surface area contributed by atoms with Crippen LogP contribution in [0.3, 0.4) is 0 Å². The molecule has 2 aromatic rings. The normalized spacial score (nSPS) is 21.3. The number of piperidine rings is 1. The lowest BCUT2D eigenvalue weighted by Gasteiger charge is -2.34. The van der Waals surface area contributed by atoms with Crippen molar-refractivity contribution in [3.05, 3.63) is 65.7 Å². The molecule has 0 aliphatic carbocycles. The average molecular weight is 349 g/mol. The highest BCUT2D eigenvalue weighted by molar-refractivity contribution is 6.03. The monoisotopic (exact) mass is 349 g/mol. The Morgan fingerprint density at radius 3 is 2.54 bits per heavy atom. The van der Waals surface area contributed by atoms with Crippen molar-refractivity contribution in [1.82, 2.24) is 10.3 Å². The third-order valence-corrected chi connectivity index (χ3v) is 5.64. The molecule has 2 aromatic carbocycles. The van der Waals surface area contributed by atoms with Crippen LogP contribution in [0.15, 0.2) is 59.7 Å². The Morgan fingerprint density at radius 2 is 1.77 bits per heavy atom. The number of methoxy groups -OCH3 is 1. The van der Waals surface area contributed by atoms with Crippen molar-refractivity contribution in [2.24, 2.45) is 11.0 Å². The first-order valence-corrected chi connectivity index (χ1v) is 9.56. The number of benzene rings is 2. The number of hydrogen-bond donors (Lipinski definition) is 1. The highest BCUT2D eigenvalue weighted by atomic mass is 16.5. The van der Waals surface area contributed by atoms with Crippen molar-refractivity contribution in [2.45, 2.75) is 18.8 Å². The summed E-state index contributed by atoms with van der Waals surface area (Å²) in [5.74, 6) is 2.11. The van der Waals surface area contributed by atoms with E-state index in [1.807, 2.05) is 0 Å². The van der Waals surface area contributed by atoms with Gasteiger partial charge in [0.05, 0.1) is 12.8 Å². The molecule has 1 atom stereocenters. The van der Waals surface area contributed by atoms with E-state index in [1.54, 1.807) is 7.11 Å². The SMILES string of the molecule is COc1ccccc1C1CCN(CC2CNN=C2c2ccccc2)CC1. The van der Waals surface area contributed by atoms with E-state index in [4.69, 9.17) is 4.74 Å². The van der Waals surface area contributed by atoms with Crippen molar-refractivity contribution in [1.29, 1.82) is 0 Å². The van der Waals surface area contributed by atoms with Crippen LogP contribution in [0.4, 0.5) is 0 Å². The van der Waals surface area contributed by atoms with Crippen LogP contribution in [0.1, 0.15) is 29.9 Å². The van der Waals surface area contributed by atoms with Crippen LogP contribution in [0, 0.1) is 5.92 Å². The zero-order valence-corrected chi connectivity index (χ0v) is 15.4. The van der Waals surface area contributed by atoms with Gasteiger partial charge in [0.1, 0.15) is 5.75 Å². The van der Waals surface area contributed by atoms with E-state index >= 15 is 0 Å². The fourth-order valence-corrected chi connectivity index (χ4v) is 4.23. The minimum absolute atomic E-state index is 0.472. The maximum absolute atomic E-state index is 5.56. The molecule has 0 amide bonds. The van der Waals surface area contributed by atoms with Gasteiger partial charge in [-0.1, -0.05) is 48.5 Å². The first-order valence-electron chi connectivity index (χ1n) is 9.56. The van der Waals surface area contributed by atoms with Crippen molar-refractivity contribution >= 4 is 5.71 Å². The maximum Gasteiger partial charge on any atom is 0.122 e. The molecule has 0 bridgehead atoms. The van der Waals surface area contributed by atoms with Gasteiger partial charge in [-0.25, -0.2) is 0 Å². The van der Waals surface area contributed by atoms with Gasteiger partial charge >= 0.3 is 0 Å². The molecule has 1 N–H and O–H groups in total. The van der Waals surface area contributed by atoms with Crippen molar-refractivity contribution in [3.63, 3.8) is 0 Å². The number of hydrazone groups is 1. The van der Waals surface area contributed by atoms with Crippen LogP contribution < -0.4 is 10.2 Å². The van der Waals surface area contributed by atoms with Gasteiger partial charge in [0, 0.05) is 19.0 Å². The summed E-state index contributed by atoms with van der Waals surface area (Å²) < 4.78 is 5.56. The van der Waals surface area contributed by atoms with Gasteiger partial charge in [0.15, 0.2) is 0 Å². The lowest BCUT2D eigenvalue weighted by Crippen LogP contribution is -2.39. The summed E-state index contributed by atoms with van der Waals surface area (Å²) in [6.07, 6.45) is 2.39. The zero-order valence-electron chi connectivity index (χ0n) is 15.4. The van der Waals surface area contributed by atoms with E-state index in [2.05, 4.69) is 70.0 Å². The molecule has 2 aliphatic rings. The molecule has 1 unspecified atom stereocenters. The smallest absolute Gasteiger partial charge is 0.122 e. The Bertz CT molecular complexity index is 751. The van der Waals surface area contributed by atoms with Crippen molar-refractivity contribution in [3.8, 4) is 5.75 Å². The largest absolute Gasteiger partial charge is 0.496 e. The van der Waals surface area contributed by atoms with Crippen LogP contribution in [0.5, 0.6) is 5.75 Å². The Morgan fingerprint density at radius 1 is 1.04 bits per heavy atom. The Kier molecular flexibility index (Phi) is 5.21. The number of para-hydroxylation sites is 1. The van der Waals surface area contributed by atoms with Gasteiger partial charge in [0.2, 0.25) is 0 Å². The second-order valence-electron chi connectivity index (χ2n) is 7.24. The molecule has 4 rings (SSSR count). The molecule has 0 spiro atoms. The Hall–Kier alpha value is -2.33. The molecule has 2 aliphatic heterocycles. The minimum atomic E-state index is 0.472. The molecule has 1 saturated heterocycles. The molecule has 4 heteroatoms. The molecule has 4 nitrogen and oxygen atoms in total. The van der Waals surface area contributed by atoms with Gasteiger partial charge in [-0.05, 0) is 49.0 Å². The van der Waals surface area contributed by atoms with E-state index in [0.717, 1.165) is 31.9 Å². The maximum atomic E-state index is 5.56. The predicted molar refractivity (Wildman–Crippen MR) is 106 cm³/mol. The van der Waals surface area contributed by atoms with Gasteiger partial charge in [-0.15, -0.1) is 0 Å². The fraction of sp³-hybridized carbons (Fsp3) is 0.409. The first kappa shape index (κ1) is 17.1. The van der Waals surface area contributed by atoms with E-state index in [9.17, 15) is 0 Å². The summed E-state index contributed by atoms with van der Waals surface area (Å²) in [6, 6.07) is 19.0. The van der Waals surface area contributed by atoms with Crippen LogP contribution in [-0.2, 0) is 0 Å². The minimum Gasteiger partial charge on any atom is -0.496 e. The fourth-order valence-electron chi connectivity index (χ4n) is 4.23. The molecule has 26 heavy (non-hydrogen) atoms. The Balaban J connectivity index is 1.36. The topological polar surface area (TPSA) is 36.9 Å². The second-order valence-corrected chi connectivity index (χ2v) is 7.24. The van der Waals surface area contributed by atoms with Crippen LogP contribution in [0.25, 0.3) is 0 Å². The molecular formula is C22H27N3O. The molecule has 0 radical (unpaired) electrons. The van der Waals surface area contributed by atoms with Gasteiger partial charge in [0.25, 0.3) is 0 Å². The summed E-state index contributed by atoms with van der Waals surface area (Å²) in [4.78, 5) is 2.60. The van der Waals surface area contributed by atoms with Gasteiger partial charge in [-0.2, -0.15) is 5.10 Å². The molecular weight excluding hydrogens is 322 g/mol. The average Bonchev–Trinajstić information content (AvgIpc) is 3.17.